The van der Waals surface area contributed by atoms with Gasteiger partial charge in [-0.1, -0.05) is 17.3 Å². The van der Waals surface area contributed by atoms with E-state index in [1.54, 1.807) is 33.5 Å². The molecule has 152 valence electrons. The Bertz CT molecular complexity index is 953. The van der Waals surface area contributed by atoms with Crippen molar-refractivity contribution in [1.29, 1.82) is 0 Å². The number of nitrogens with one attached hydrogen (secondary N) is 1. The van der Waals surface area contributed by atoms with Crippen molar-refractivity contribution < 1.29 is 23.5 Å². The van der Waals surface area contributed by atoms with Gasteiger partial charge in [0.1, 0.15) is 5.75 Å². The van der Waals surface area contributed by atoms with E-state index < -0.39 is 0 Å². The van der Waals surface area contributed by atoms with Crippen molar-refractivity contribution >= 4 is 5.91 Å². The summed E-state index contributed by atoms with van der Waals surface area (Å²) in [4.78, 5) is 16.5. The molecule has 0 radical (unpaired) electrons. The van der Waals surface area contributed by atoms with Crippen LogP contribution in [-0.2, 0) is 17.6 Å². The van der Waals surface area contributed by atoms with Crippen molar-refractivity contribution in [3.8, 4) is 28.6 Å². The molecule has 2 aromatic carbocycles. The van der Waals surface area contributed by atoms with Gasteiger partial charge in [-0.25, -0.2) is 0 Å². The van der Waals surface area contributed by atoms with E-state index in [1.807, 2.05) is 30.3 Å². The van der Waals surface area contributed by atoms with Crippen LogP contribution < -0.4 is 19.5 Å². The molecule has 0 aliphatic carbocycles. The fourth-order valence-corrected chi connectivity index (χ4v) is 2.75. The second-order valence-corrected chi connectivity index (χ2v) is 6.21. The van der Waals surface area contributed by atoms with Gasteiger partial charge in [-0.05, 0) is 35.9 Å². The van der Waals surface area contributed by atoms with Crippen LogP contribution in [0.25, 0.3) is 11.4 Å². The Morgan fingerprint density at radius 2 is 1.76 bits per heavy atom. The number of hydrogen-bond acceptors (Lipinski definition) is 7. The molecule has 1 amide bonds. The largest absolute Gasteiger partial charge is 0.497 e. The molecule has 0 aliphatic rings. The monoisotopic (exact) mass is 397 g/mol. The fourth-order valence-electron chi connectivity index (χ4n) is 2.75. The summed E-state index contributed by atoms with van der Waals surface area (Å²) >= 11 is 0. The van der Waals surface area contributed by atoms with Crippen LogP contribution in [0, 0.1) is 0 Å². The second kappa shape index (κ2) is 9.59. The molecule has 0 spiro atoms. The Balaban J connectivity index is 1.52. The van der Waals surface area contributed by atoms with Crippen LogP contribution >= 0.6 is 0 Å². The minimum absolute atomic E-state index is 0.0743. The maximum Gasteiger partial charge on any atom is 0.228 e. The molecule has 3 rings (SSSR count). The summed E-state index contributed by atoms with van der Waals surface area (Å²) in [5, 5.41) is 6.85. The summed E-state index contributed by atoms with van der Waals surface area (Å²) in [6.45, 7) is 0.405. The fraction of sp³-hybridized carbons (Fsp3) is 0.286. The molecule has 0 saturated heterocycles. The quantitative estimate of drug-likeness (QED) is 0.593. The van der Waals surface area contributed by atoms with Gasteiger partial charge in [-0.3, -0.25) is 4.79 Å². The molecule has 8 heteroatoms. The molecule has 1 aromatic heterocycles. The molecule has 0 unspecified atom stereocenters. The summed E-state index contributed by atoms with van der Waals surface area (Å²) in [6, 6.07) is 12.8. The molecule has 29 heavy (non-hydrogen) atoms. The standard InChI is InChI=1S/C21H23N3O5/c1-26-16-7-4-14(5-8-16)12-19(25)22-11-10-20-23-21(24-29-20)15-6-9-17(27-2)18(13-15)28-3/h4-9,13H,10-12H2,1-3H3,(H,22,25). The Kier molecular flexibility index (Phi) is 6.67. The SMILES string of the molecule is COc1ccc(CC(=O)NCCc2nc(-c3ccc(OC)c(OC)c3)no2)cc1. The van der Waals surface area contributed by atoms with E-state index >= 15 is 0 Å². The zero-order valence-corrected chi connectivity index (χ0v) is 16.6. The molecular weight excluding hydrogens is 374 g/mol. The zero-order valence-electron chi connectivity index (χ0n) is 16.6. The number of methoxy groups -OCH3 is 3. The molecule has 1 heterocycles. The first-order valence-electron chi connectivity index (χ1n) is 9.07. The number of hydrogen-bond donors (Lipinski definition) is 1. The van der Waals surface area contributed by atoms with E-state index in [0.717, 1.165) is 16.9 Å². The maximum absolute atomic E-state index is 12.1. The molecule has 0 fully saturated rings. The molecule has 0 saturated carbocycles. The highest BCUT2D eigenvalue weighted by atomic mass is 16.5. The molecule has 0 bridgehead atoms. The predicted molar refractivity (Wildman–Crippen MR) is 106 cm³/mol. The van der Waals surface area contributed by atoms with Gasteiger partial charge < -0.3 is 24.1 Å². The van der Waals surface area contributed by atoms with E-state index in [9.17, 15) is 4.79 Å². The normalized spacial score (nSPS) is 10.4. The summed E-state index contributed by atoms with van der Waals surface area (Å²) in [5.74, 6) is 2.79. The van der Waals surface area contributed by atoms with Gasteiger partial charge in [0.25, 0.3) is 0 Å². The summed E-state index contributed by atoms with van der Waals surface area (Å²) < 4.78 is 20.9. The van der Waals surface area contributed by atoms with Crippen LogP contribution in [0.4, 0.5) is 0 Å². The van der Waals surface area contributed by atoms with Gasteiger partial charge in [-0.15, -0.1) is 0 Å². The molecule has 1 N–H and O–H groups in total. The van der Waals surface area contributed by atoms with Crippen LogP contribution in [-0.4, -0.2) is 43.9 Å². The maximum atomic E-state index is 12.1. The Hall–Kier alpha value is -3.55. The number of ether oxygens (including phenoxy) is 3. The van der Waals surface area contributed by atoms with Gasteiger partial charge in [-0.2, -0.15) is 4.98 Å². The third-order valence-corrected chi connectivity index (χ3v) is 4.29. The predicted octanol–water partition coefficient (Wildman–Crippen LogP) is 2.66. The lowest BCUT2D eigenvalue weighted by molar-refractivity contribution is -0.120. The highest BCUT2D eigenvalue weighted by molar-refractivity contribution is 5.78. The smallest absolute Gasteiger partial charge is 0.228 e. The number of carbonyl (C=O) groups is 1. The van der Waals surface area contributed by atoms with Gasteiger partial charge in [0.2, 0.25) is 17.6 Å². The minimum atomic E-state index is -0.0743. The Morgan fingerprint density at radius 1 is 1.00 bits per heavy atom. The Labute approximate surface area is 168 Å². The van der Waals surface area contributed by atoms with Gasteiger partial charge in [0.05, 0.1) is 27.8 Å². The molecule has 0 aliphatic heterocycles. The van der Waals surface area contributed by atoms with Crippen molar-refractivity contribution in [2.45, 2.75) is 12.8 Å². The lowest BCUT2D eigenvalue weighted by Crippen LogP contribution is -2.27. The van der Waals surface area contributed by atoms with E-state index in [-0.39, 0.29) is 5.91 Å². The summed E-state index contributed by atoms with van der Waals surface area (Å²) in [5.41, 5.74) is 1.66. The van der Waals surface area contributed by atoms with Gasteiger partial charge >= 0.3 is 0 Å². The van der Waals surface area contributed by atoms with Crippen LogP contribution in [0.3, 0.4) is 0 Å². The first-order valence-corrected chi connectivity index (χ1v) is 9.07. The van der Waals surface area contributed by atoms with Crippen LogP contribution in [0.15, 0.2) is 47.0 Å². The average molecular weight is 397 g/mol. The van der Waals surface area contributed by atoms with E-state index in [0.29, 0.717) is 42.6 Å². The van der Waals surface area contributed by atoms with Crippen molar-refractivity contribution in [2.75, 3.05) is 27.9 Å². The van der Waals surface area contributed by atoms with Crippen LogP contribution in [0.1, 0.15) is 11.5 Å². The minimum Gasteiger partial charge on any atom is -0.497 e. The lowest BCUT2D eigenvalue weighted by atomic mass is 10.1. The summed E-state index contributed by atoms with van der Waals surface area (Å²) in [6.07, 6.45) is 0.735. The summed E-state index contributed by atoms with van der Waals surface area (Å²) in [7, 11) is 4.75. The average Bonchev–Trinajstić information content (AvgIpc) is 3.22. The molecule has 8 nitrogen and oxygen atoms in total. The van der Waals surface area contributed by atoms with Crippen LogP contribution in [0.5, 0.6) is 17.2 Å². The first kappa shape index (κ1) is 20.2. The number of benzene rings is 2. The topological polar surface area (TPSA) is 95.7 Å². The van der Waals surface area contributed by atoms with Crippen molar-refractivity contribution in [2.24, 2.45) is 0 Å². The van der Waals surface area contributed by atoms with E-state index in [1.165, 1.54) is 0 Å². The highest BCUT2D eigenvalue weighted by Crippen LogP contribution is 2.31. The zero-order chi connectivity index (χ0) is 20.6. The lowest BCUT2D eigenvalue weighted by Gasteiger charge is -2.07. The van der Waals surface area contributed by atoms with E-state index in [4.69, 9.17) is 18.7 Å². The van der Waals surface area contributed by atoms with Gasteiger partial charge in [0.15, 0.2) is 11.5 Å². The number of rotatable bonds is 9. The Morgan fingerprint density at radius 3 is 2.45 bits per heavy atom. The van der Waals surface area contributed by atoms with Gasteiger partial charge in [0, 0.05) is 18.5 Å². The molecule has 0 atom stereocenters. The van der Waals surface area contributed by atoms with Crippen molar-refractivity contribution in [3.05, 3.63) is 53.9 Å². The highest BCUT2D eigenvalue weighted by Gasteiger charge is 2.12. The van der Waals surface area contributed by atoms with Crippen molar-refractivity contribution in [3.63, 3.8) is 0 Å². The molecular formula is C21H23N3O5. The third-order valence-electron chi connectivity index (χ3n) is 4.29. The first-order chi connectivity index (χ1) is 14.1. The number of amides is 1. The number of aromatic nitrogens is 2. The second-order valence-electron chi connectivity index (χ2n) is 6.21. The number of nitrogens with zero attached hydrogens (tertiary/aromatic N) is 2. The molecule has 3 aromatic rings. The van der Waals surface area contributed by atoms with Crippen molar-refractivity contribution in [1.82, 2.24) is 15.5 Å². The van der Waals surface area contributed by atoms with E-state index in [2.05, 4.69) is 15.5 Å². The number of carbonyl (C=O) groups excluding carboxylic acids is 1. The third kappa shape index (κ3) is 5.25. The van der Waals surface area contributed by atoms with Crippen LogP contribution in [0.2, 0.25) is 0 Å².